The number of hydrogen-bond donors (Lipinski definition) is 2. The van der Waals surface area contributed by atoms with Crippen LogP contribution in [-0.2, 0) is 10.3 Å². The van der Waals surface area contributed by atoms with Crippen molar-refractivity contribution in [3.63, 3.8) is 0 Å². The van der Waals surface area contributed by atoms with Crippen molar-refractivity contribution in [3.05, 3.63) is 64.1 Å². The quantitative estimate of drug-likeness (QED) is 0.255. The Hall–Kier alpha value is -3.41. The predicted octanol–water partition coefficient (Wildman–Crippen LogP) is 7.40. The lowest BCUT2D eigenvalue weighted by atomic mass is 10.1. The van der Waals surface area contributed by atoms with Gasteiger partial charge in [-0.1, -0.05) is 41.9 Å². The van der Waals surface area contributed by atoms with Crippen LogP contribution in [0.2, 0.25) is 0 Å². The molecular weight excluding hydrogens is 579 g/mol. The van der Waals surface area contributed by atoms with Gasteiger partial charge in [-0.2, -0.15) is 28.1 Å². The van der Waals surface area contributed by atoms with Gasteiger partial charge in [0.05, 0.1) is 11.1 Å². The van der Waals surface area contributed by atoms with Crippen LogP contribution in [0.1, 0.15) is 63.4 Å². The molecule has 1 aliphatic carbocycles. The minimum absolute atomic E-state index is 0.0234. The molecule has 0 radical (unpaired) electrons. The molecule has 1 saturated carbocycles. The minimum Gasteiger partial charge on any atom is -0.456 e. The minimum atomic E-state index is -4.56. The van der Waals surface area contributed by atoms with Crippen LogP contribution in [-0.4, -0.2) is 39.3 Å². The maximum Gasteiger partial charge on any atom is 0.422 e. The number of rotatable bonds is 8. The number of nitrogens with one attached hydrogen (secondary N) is 2. The third-order valence-electron chi connectivity index (χ3n) is 5.23. The molecule has 2 N–H and O–H groups in total. The van der Waals surface area contributed by atoms with Crippen LogP contribution in [0.15, 0.2) is 53.0 Å². The normalized spacial score (nSPS) is 14.0. The third kappa shape index (κ3) is 9.09. The first-order valence-corrected chi connectivity index (χ1v) is 13.2. The lowest BCUT2D eigenvalue weighted by Crippen LogP contribution is -2.23. The summed E-state index contributed by atoms with van der Waals surface area (Å²) in [6, 6.07) is 13.6. The monoisotopic (exact) mass is 609 g/mol. The molecule has 1 aliphatic rings. The van der Waals surface area contributed by atoms with Crippen molar-refractivity contribution >= 4 is 39.5 Å². The molecule has 0 aliphatic heterocycles. The molecule has 0 bridgehead atoms. The summed E-state index contributed by atoms with van der Waals surface area (Å²) in [5, 5.41) is 6.17. The van der Waals surface area contributed by atoms with E-state index in [-0.39, 0.29) is 11.9 Å². The maximum absolute atomic E-state index is 12.8. The maximum atomic E-state index is 12.8. The molecule has 0 saturated heterocycles. The van der Waals surface area contributed by atoms with Crippen LogP contribution in [0.4, 0.5) is 30.8 Å². The highest BCUT2D eigenvalue weighted by atomic mass is 79.9. The van der Waals surface area contributed by atoms with Crippen molar-refractivity contribution in [2.45, 2.75) is 64.8 Å². The molecule has 8 nitrogen and oxygen atoms in total. The molecule has 39 heavy (non-hydrogen) atoms. The summed E-state index contributed by atoms with van der Waals surface area (Å²) in [4.78, 5) is 24.6. The molecule has 3 aromatic rings. The van der Waals surface area contributed by atoms with Gasteiger partial charge in [0.2, 0.25) is 11.9 Å². The van der Waals surface area contributed by atoms with E-state index in [9.17, 15) is 18.0 Å². The summed E-state index contributed by atoms with van der Waals surface area (Å²) >= 11 is 3.46. The Kier molecular flexibility index (Phi) is 9.42. The lowest BCUT2D eigenvalue weighted by molar-refractivity contribution is -0.154. The summed E-state index contributed by atoms with van der Waals surface area (Å²) < 4.78 is 49.4. The van der Waals surface area contributed by atoms with Crippen molar-refractivity contribution in [3.8, 4) is 6.01 Å². The van der Waals surface area contributed by atoms with Crippen LogP contribution in [0.5, 0.6) is 6.01 Å². The third-order valence-corrected chi connectivity index (χ3v) is 5.73. The highest BCUT2D eigenvalue weighted by Gasteiger charge is 2.45. The van der Waals surface area contributed by atoms with E-state index in [1.54, 1.807) is 45.0 Å². The standard InChI is InChI=1S/C25H25BrF3N5O3.C2H6/c1-23(2,3)37-19(35)15-7-9-18(10-8-15)30-20-31-21(33-22(32-20)36-14-25(27,28)29)34-24(11-12-24)16-5-4-6-17(26)13-16;1-2/h4-10,13H,11-12,14H2,1-3H3,(H2,30,31,32,33,34);1-2H3. The van der Waals surface area contributed by atoms with Gasteiger partial charge in [0, 0.05) is 10.2 Å². The molecule has 0 amide bonds. The Morgan fingerprint density at radius 2 is 1.64 bits per heavy atom. The van der Waals surface area contributed by atoms with Crippen LogP contribution in [0, 0.1) is 0 Å². The lowest BCUT2D eigenvalue weighted by Gasteiger charge is -2.20. The first-order valence-electron chi connectivity index (χ1n) is 12.4. The summed E-state index contributed by atoms with van der Waals surface area (Å²) in [5.74, 6) is -0.432. The Morgan fingerprint density at radius 1 is 1.00 bits per heavy atom. The van der Waals surface area contributed by atoms with Gasteiger partial charge in [-0.25, -0.2) is 4.79 Å². The topological polar surface area (TPSA) is 98.3 Å². The molecule has 1 heterocycles. The van der Waals surface area contributed by atoms with Gasteiger partial charge in [-0.05, 0) is 75.6 Å². The first kappa shape index (κ1) is 30.1. The second-order valence-corrected chi connectivity index (χ2v) is 10.5. The van der Waals surface area contributed by atoms with E-state index in [1.165, 1.54) is 0 Å². The predicted molar refractivity (Wildman–Crippen MR) is 146 cm³/mol. The van der Waals surface area contributed by atoms with Crippen molar-refractivity contribution in [1.29, 1.82) is 0 Å². The number of halogens is 4. The highest BCUT2D eigenvalue weighted by Crippen LogP contribution is 2.48. The molecule has 1 aromatic heterocycles. The molecule has 2 aromatic carbocycles. The largest absolute Gasteiger partial charge is 0.456 e. The van der Waals surface area contributed by atoms with Gasteiger partial charge in [0.25, 0.3) is 0 Å². The number of ether oxygens (including phenoxy) is 2. The molecule has 0 spiro atoms. The van der Waals surface area contributed by atoms with Crippen LogP contribution in [0.25, 0.3) is 0 Å². The fourth-order valence-corrected chi connectivity index (χ4v) is 3.85. The molecule has 4 rings (SSSR count). The van der Waals surface area contributed by atoms with Gasteiger partial charge < -0.3 is 20.1 Å². The van der Waals surface area contributed by atoms with E-state index in [1.807, 2.05) is 38.1 Å². The number of anilines is 3. The van der Waals surface area contributed by atoms with Crippen molar-refractivity contribution in [2.24, 2.45) is 0 Å². The second-order valence-electron chi connectivity index (χ2n) is 9.59. The first-order chi connectivity index (χ1) is 18.3. The zero-order valence-corrected chi connectivity index (χ0v) is 23.9. The SMILES string of the molecule is CC.CC(C)(C)OC(=O)c1ccc(Nc2nc(NC3(c4cccc(Br)c4)CC3)nc(OCC(F)(F)F)n2)cc1. The fraction of sp³-hybridized carbons (Fsp3) is 0.407. The van der Waals surface area contributed by atoms with Crippen molar-refractivity contribution in [2.75, 3.05) is 17.2 Å². The number of esters is 1. The van der Waals surface area contributed by atoms with Crippen LogP contribution >= 0.6 is 15.9 Å². The van der Waals surface area contributed by atoms with Gasteiger partial charge >= 0.3 is 18.2 Å². The van der Waals surface area contributed by atoms with E-state index in [4.69, 9.17) is 9.47 Å². The Morgan fingerprint density at radius 3 is 2.21 bits per heavy atom. The van der Waals surface area contributed by atoms with Gasteiger partial charge in [-0.15, -0.1) is 0 Å². The summed E-state index contributed by atoms with van der Waals surface area (Å²) in [6.07, 6.45) is -2.97. The van der Waals surface area contributed by atoms with E-state index >= 15 is 0 Å². The smallest absolute Gasteiger partial charge is 0.422 e. The molecule has 0 unspecified atom stereocenters. The van der Waals surface area contributed by atoms with Gasteiger partial charge in [-0.3, -0.25) is 0 Å². The Labute approximate surface area is 233 Å². The molecule has 210 valence electrons. The number of carbonyl (C=O) groups is 1. The molecular formula is C27H31BrF3N5O3. The highest BCUT2D eigenvalue weighted by molar-refractivity contribution is 9.10. The Balaban J connectivity index is 0.00000205. The average Bonchev–Trinajstić information content (AvgIpc) is 3.63. The van der Waals surface area contributed by atoms with Crippen molar-refractivity contribution < 1.29 is 27.4 Å². The van der Waals surface area contributed by atoms with Gasteiger partial charge in [0.15, 0.2) is 6.61 Å². The van der Waals surface area contributed by atoms with Crippen LogP contribution < -0.4 is 15.4 Å². The number of nitrogens with zero attached hydrogens (tertiary/aromatic N) is 3. The average molecular weight is 610 g/mol. The van der Waals surface area contributed by atoms with Crippen molar-refractivity contribution in [1.82, 2.24) is 15.0 Å². The number of aromatic nitrogens is 3. The van der Waals surface area contributed by atoms with E-state index in [0.29, 0.717) is 11.3 Å². The van der Waals surface area contributed by atoms with Crippen LogP contribution in [0.3, 0.4) is 0 Å². The van der Waals surface area contributed by atoms with E-state index < -0.39 is 35.9 Å². The van der Waals surface area contributed by atoms with E-state index in [0.717, 1.165) is 22.9 Å². The summed E-state index contributed by atoms with van der Waals surface area (Å²) in [6.45, 7) is 7.77. The number of benzene rings is 2. The van der Waals surface area contributed by atoms with E-state index in [2.05, 4.69) is 41.5 Å². The van der Waals surface area contributed by atoms with Gasteiger partial charge in [0.1, 0.15) is 5.60 Å². The second kappa shape index (κ2) is 12.2. The summed E-state index contributed by atoms with van der Waals surface area (Å²) in [7, 11) is 0. The number of carbonyl (C=O) groups excluding carboxylic acids is 1. The number of hydrogen-bond acceptors (Lipinski definition) is 8. The molecule has 0 atom stereocenters. The zero-order valence-electron chi connectivity index (χ0n) is 22.3. The Bertz CT molecular complexity index is 1280. The fourth-order valence-electron chi connectivity index (χ4n) is 3.45. The zero-order chi connectivity index (χ0) is 28.8. The summed E-state index contributed by atoms with van der Waals surface area (Å²) in [5.41, 5.74) is 0.756. The number of alkyl halides is 3. The molecule has 1 fully saturated rings. The molecule has 12 heteroatoms.